The Morgan fingerprint density at radius 3 is 1.57 bits per heavy atom. The van der Waals surface area contributed by atoms with Crippen LogP contribution in [0.4, 0.5) is 5.69 Å². The second-order valence-corrected chi connectivity index (χ2v) is 7.60. The molecule has 28 heavy (non-hydrogen) atoms. The van der Waals surface area contributed by atoms with E-state index in [2.05, 4.69) is 99.6 Å². The third-order valence-electron chi connectivity index (χ3n) is 5.13. The molecule has 0 heterocycles. The highest BCUT2D eigenvalue weighted by Crippen LogP contribution is 2.37. The van der Waals surface area contributed by atoms with Crippen molar-refractivity contribution in [2.45, 2.75) is 20.8 Å². The summed E-state index contributed by atoms with van der Waals surface area (Å²) >= 11 is 0. The molecule has 0 spiro atoms. The van der Waals surface area contributed by atoms with Crippen molar-refractivity contribution in [3.8, 4) is 33.4 Å². The molecule has 0 amide bonds. The second kappa shape index (κ2) is 7.36. The number of nitrogen functional groups attached to an aromatic ring is 1. The van der Waals surface area contributed by atoms with E-state index in [1.54, 1.807) is 0 Å². The standard InChI is InChI=1S/C27H25N/c1-18-12-19(2)15-23(14-18)25-10-7-11-26(27(25)28)24-16-20(3)13-22(17-24)21-8-5-4-6-9-21/h4-17H,28H2,1-3H3. The zero-order valence-corrected chi connectivity index (χ0v) is 16.7. The maximum Gasteiger partial charge on any atom is 0.0473 e. The van der Waals surface area contributed by atoms with E-state index in [-0.39, 0.29) is 0 Å². The smallest absolute Gasteiger partial charge is 0.0473 e. The maximum absolute atomic E-state index is 6.69. The highest BCUT2D eigenvalue weighted by molar-refractivity contribution is 5.90. The van der Waals surface area contributed by atoms with Crippen LogP contribution in [0.25, 0.3) is 33.4 Å². The Bertz CT molecular complexity index is 1120. The number of anilines is 1. The molecule has 0 aliphatic heterocycles. The fourth-order valence-electron chi connectivity index (χ4n) is 3.93. The van der Waals surface area contributed by atoms with Gasteiger partial charge in [0.1, 0.15) is 0 Å². The first-order valence-electron chi connectivity index (χ1n) is 9.66. The molecular weight excluding hydrogens is 338 g/mol. The Balaban J connectivity index is 1.86. The van der Waals surface area contributed by atoms with Crippen molar-refractivity contribution in [1.82, 2.24) is 0 Å². The van der Waals surface area contributed by atoms with Gasteiger partial charge in [0.05, 0.1) is 0 Å². The average molecular weight is 364 g/mol. The Morgan fingerprint density at radius 1 is 0.464 bits per heavy atom. The molecule has 0 atom stereocenters. The lowest BCUT2D eigenvalue weighted by Crippen LogP contribution is -1.95. The number of rotatable bonds is 3. The Labute approximate surface area is 167 Å². The summed E-state index contributed by atoms with van der Waals surface area (Å²) in [5.41, 5.74) is 18.2. The molecule has 138 valence electrons. The van der Waals surface area contributed by atoms with Gasteiger partial charge in [-0.3, -0.25) is 0 Å². The number of benzene rings is 4. The first-order chi connectivity index (χ1) is 13.5. The average Bonchev–Trinajstić information content (AvgIpc) is 2.67. The quantitative estimate of drug-likeness (QED) is 0.383. The molecule has 4 aromatic carbocycles. The normalized spacial score (nSPS) is 10.8. The molecule has 0 radical (unpaired) electrons. The van der Waals surface area contributed by atoms with Gasteiger partial charge < -0.3 is 5.73 Å². The molecule has 1 heteroatoms. The van der Waals surface area contributed by atoms with E-state index >= 15 is 0 Å². The van der Waals surface area contributed by atoms with Crippen LogP contribution < -0.4 is 5.73 Å². The maximum atomic E-state index is 6.69. The summed E-state index contributed by atoms with van der Waals surface area (Å²) in [4.78, 5) is 0. The number of aryl methyl sites for hydroxylation is 3. The summed E-state index contributed by atoms with van der Waals surface area (Å²) in [6, 6.07) is 30.1. The lowest BCUT2D eigenvalue weighted by molar-refractivity contribution is 1.38. The van der Waals surface area contributed by atoms with Gasteiger partial charge in [-0.05, 0) is 54.7 Å². The van der Waals surface area contributed by atoms with Crippen LogP contribution in [0.1, 0.15) is 16.7 Å². The third-order valence-corrected chi connectivity index (χ3v) is 5.13. The summed E-state index contributed by atoms with van der Waals surface area (Å²) in [7, 11) is 0. The van der Waals surface area contributed by atoms with Gasteiger partial charge in [0.25, 0.3) is 0 Å². The van der Waals surface area contributed by atoms with Gasteiger partial charge in [-0.2, -0.15) is 0 Å². The minimum absolute atomic E-state index is 0.831. The molecule has 1 nitrogen and oxygen atoms in total. The number of hydrogen-bond acceptors (Lipinski definition) is 1. The molecule has 0 saturated heterocycles. The van der Waals surface area contributed by atoms with E-state index in [9.17, 15) is 0 Å². The van der Waals surface area contributed by atoms with Gasteiger partial charge in [-0.1, -0.05) is 90.0 Å². The highest BCUT2D eigenvalue weighted by Gasteiger charge is 2.11. The molecular formula is C27H25N. The van der Waals surface area contributed by atoms with Crippen molar-refractivity contribution in [1.29, 1.82) is 0 Å². The molecule has 0 aliphatic rings. The molecule has 0 fully saturated rings. The molecule has 0 aromatic heterocycles. The van der Waals surface area contributed by atoms with Gasteiger partial charge in [0.15, 0.2) is 0 Å². The molecule has 0 bridgehead atoms. The second-order valence-electron chi connectivity index (χ2n) is 7.60. The first kappa shape index (κ1) is 18.1. The fourth-order valence-corrected chi connectivity index (χ4v) is 3.93. The zero-order chi connectivity index (χ0) is 19.7. The topological polar surface area (TPSA) is 26.0 Å². The van der Waals surface area contributed by atoms with E-state index in [4.69, 9.17) is 5.73 Å². The van der Waals surface area contributed by atoms with E-state index in [0.29, 0.717) is 0 Å². The molecule has 2 N–H and O–H groups in total. The van der Waals surface area contributed by atoms with Gasteiger partial charge >= 0.3 is 0 Å². The van der Waals surface area contributed by atoms with E-state index in [1.807, 2.05) is 6.07 Å². The minimum Gasteiger partial charge on any atom is -0.398 e. The van der Waals surface area contributed by atoms with Crippen molar-refractivity contribution in [2.24, 2.45) is 0 Å². The van der Waals surface area contributed by atoms with Gasteiger partial charge in [-0.15, -0.1) is 0 Å². The van der Waals surface area contributed by atoms with Crippen LogP contribution in [0.3, 0.4) is 0 Å². The summed E-state index contributed by atoms with van der Waals surface area (Å²) in [6.07, 6.45) is 0. The Hall–Kier alpha value is -3.32. The Morgan fingerprint density at radius 2 is 0.964 bits per heavy atom. The van der Waals surface area contributed by atoms with E-state index in [0.717, 1.165) is 22.4 Å². The van der Waals surface area contributed by atoms with Crippen molar-refractivity contribution >= 4 is 5.69 Å². The van der Waals surface area contributed by atoms with Crippen LogP contribution in [0.5, 0.6) is 0 Å². The van der Waals surface area contributed by atoms with E-state index in [1.165, 1.54) is 33.4 Å². The zero-order valence-electron chi connectivity index (χ0n) is 16.7. The summed E-state index contributed by atoms with van der Waals surface area (Å²) in [5, 5.41) is 0. The van der Waals surface area contributed by atoms with Crippen LogP contribution in [-0.4, -0.2) is 0 Å². The summed E-state index contributed by atoms with van der Waals surface area (Å²) < 4.78 is 0. The molecule has 0 aliphatic carbocycles. The van der Waals surface area contributed by atoms with Gasteiger partial charge in [0.2, 0.25) is 0 Å². The first-order valence-corrected chi connectivity index (χ1v) is 9.66. The minimum atomic E-state index is 0.831. The largest absolute Gasteiger partial charge is 0.398 e. The predicted molar refractivity (Wildman–Crippen MR) is 121 cm³/mol. The predicted octanol–water partition coefficient (Wildman–Crippen LogP) is 7.20. The van der Waals surface area contributed by atoms with Gasteiger partial charge in [0, 0.05) is 16.8 Å². The van der Waals surface area contributed by atoms with Crippen LogP contribution in [-0.2, 0) is 0 Å². The number of hydrogen-bond donors (Lipinski definition) is 1. The monoisotopic (exact) mass is 363 g/mol. The van der Waals surface area contributed by atoms with Crippen LogP contribution >= 0.6 is 0 Å². The Kier molecular flexibility index (Phi) is 4.75. The SMILES string of the molecule is Cc1cc(C)cc(-c2cccc(-c3cc(C)cc(-c4ccccc4)c3)c2N)c1. The number of para-hydroxylation sites is 1. The fraction of sp³-hybridized carbons (Fsp3) is 0.111. The molecule has 0 saturated carbocycles. The lowest BCUT2D eigenvalue weighted by atomic mass is 9.92. The third kappa shape index (κ3) is 3.57. The van der Waals surface area contributed by atoms with Crippen LogP contribution in [0, 0.1) is 20.8 Å². The van der Waals surface area contributed by atoms with E-state index < -0.39 is 0 Å². The lowest BCUT2D eigenvalue weighted by Gasteiger charge is -2.14. The van der Waals surface area contributed by atoms with Crippen molar-refractivity contribution in [3.05, 3.63) is 102 Å². The van der Waals surface area contributed by atoms with Crippen LogP contribution in [0.15, 0.2) is 84.9 Å². The van der Waals surface area contributed by atoms with Crippen molar-refractivity contribution in [3.63, 3.8) is 0 Å². The van der Waals surface area contributed by atoms with Crippen molar-refractivity contribution in [2.75, 3.05) is 5.73 Å². The molecule has 4 aromatic rings. The summed E-state index contributed by atoms with van der Waals surface area (Å²) in [6.45, 7) is 6.40. The van der Waals surface area contributed by atoms with Crippen molar-refractivity contribution < 1.29 is 0 Å². The van der Waals surface area contributed by atoms with Gasteiger partial charge in [-0.25, -0.2) is 0 Å². The number of nitrogens with two attached hydrogens (primary N) is 1. The molecule has 4 rings (SSSR count). The molecule has 0 unspecified atom stereocenters. The summed E-state index contributed by atoms with van der Waals surface area (Å²) in [5.74, 6) is 0. The van der Waals surface area contributed by atoms with Crippen LogP contribution in [0.2, 0.25) is 0 Å². The highest BCUT2D eigenvalue weighted by atomic mass is 14.6.